The van der Waals surface area contributed by atoms with E-state index in [1.807, 2.05) is 6.92 Å². The van der Waals surface area contributed by atoms with Crippen LogP contribution >= 0.6 is 0 Å². The molecule has 0 radical (unpaired) electrons. The number of hydrogen-bond acceptors (Lipinski definition) is 4. The molecule has 0 aromatic heterocycles. The van der Waals surface area contributed by atoms with Gasteiger partial charge < -0.3 is 10.1 Å². The fourth-order valence-corrected chi connectivity index (χ4v) is 3.34. The summed E-state index contributed by atoms with van der Waals surface area (Å²) in [6.45, 7) is 3.26. The Morgan fingerprint density at radius 2 is 2.06 bits per heavy atom. The summed E-state index contributed by atoms with van der Waals surface area (Å²) in [5.41, 5.74) is 0.818. The summed E-state index contributed by atoms with van der Waals surface area (Å²) in [5, 5.41) is 3.07. The van der Waals surface area contributed by atoms with E-state index in [-0.39, 0.29) is 6.04 Å². The first kappa shape index (κ1) is 13.3. The van der Waals surface area contributed by atoms with Crippen molar-refractivity contribution in [1.82, 2.24) is 9.62 Å². The van der Waals surface area contributed by atoms with Crippen molar-refractivity contribution >= 4 is 10.0 Å². The van der Waals surface area contributed by atoms with Gasteiger partial charge in [-0.2, -0.15) is 4.31 Å². The monoisotopic (exact) mass is 270 g/mol. The van der Waals surface area contributed by atoms with Gasteiger partial charge in [0.25, 0.3) is 0 Å². The molecule has 5 nitrogen and oxygen atoms in total. The lowest BCUT2D eigenvalue weighted by Crippen LogP contribution is -2.57. The van der Waals surface area contributed by atoms with Gasteiger partial charge in [0, 0.05) is 26.2 Å². The first-order chi connectivity index (χ1) is 8.46. The number of ether oxygens (including phenoxy) is 1. The maximum Gasteiger partial charge on any atom is 0.243 e. The molecule has 0 unspecified atom stereocenters. The number of sulfonamides is 1. The third-order valence-corrected chi connectivity index (χ3v) is 5.22. The zero-order chi connectivity index (χ0) is 13.3. The van der Waals surface area contributed by atoms with Crippen molar-refractivity contribution in [2.75, 3.05) is 27.2 Å². The molecule has 6 heteroatoms. The third-order valence-electron chi connectivity index (χ3n) is 3.32. The van der Waals surface area contributed by atoms with E-state index in [1.54, 1.807) is 32.4 Å². The minimum Gasteiger partial charge on any atom is -0.496 e. The van der Waals surface area contributed by atoms with Gasteiger partial charge in [-0.3, -0.25) is 0 Å². The summed E-state index contributed by atoms with van der Waals surface area (Å²) in [5.74, 6) is 0.696. The van der Waals surface area contributed by atoms with Gasteiger partial charge in [-0.1, -0.05) is 0 Å². The van der Waals surface area contributed by atoms with Gasteiger partial charge in [-0.25, -0.2) is 8.42 Å². The minimum absolute atomic E-state index is 0.0532. The number of rotatable bonds is 4. The maximum atomic E-state index is 12.4. The van der Waals surface area contributed by atoms with E-state index in [0.717, 1.165) is 5.56 Å². The van der Waals surface area contributed by atoms with Crippen LogP contribution in [0.25, 0.3) is 0 Å². The molecule has 100 valence electrons. The van der Waals surface area contributed by atoms with Crippen LogP contribution in [0.15, 0.2) is 23.1 Å². The molecule has 0 saturated carbocycles. The number of nitrogens with zero attached hydrogens (tertiary/aromatic N) is 1. The van der Waals surface area contributed by atoms with Gasteiger partial charge in [0.15, 0.2) is 0 Å². The van der Waals surface area contributed by atoms with Crippen LogP contribution in [-0.4, -0.2) is 46.0 Å². The normalized spacial score (nSPS) is 16.7. The lowest BCUT2D eigenvalue weighted by atomic mass is 10.2. The predicted octanol–water partition coefficient (Wildman–Crippen LogP) is 0.596. The van der Waals surface area contributed by atoms with Crippen molar-refractivity contribution in [2.24, 2.45) is 0 Å². The largest absolute Gasteiger partial charge is 0.496 e. The Labute approximate surface area is 108 Å². The molecule has 1 saturated heterocycles. The van der Waals surface area contributed by atoms with E-state index < -0.39 is 10.0 Å². The molecule has 1 aromatic carbocycles. The highest BCUT2D eigenvalue weighted by molar-refractivity contribution is 7.89. The molecule has 1 aliphatic heterocycles. The van der Waals surface area contributed by atoms with Crippen LogP contribution in [0.5, 0.6) is 5.75 Å². The van der Waals surface area contributed by atoms with Crippen molar-refractivity contribution in [3.63, 3.8) is 0 Å². The zero-order valence-electron chi connectivity index (χ0n) is 10.8. The second-order valence-electron chi connectivity index (χ2n) is 4.46. The second-order valence-corrected chi connectivity index (χ2v) is 6.46. The Kier molecular flexibility index (Phi) is 3.61. The van der Waals surface area contributed by atoms with Gasteiger partial charge in [0.1, 0.15) is 5.75 Å². The lowest BCUT2D eigenvalue weighted by Gasteiger charge is -2.34. The predicted molar refractivity (Wildman–Crippen MR) is 69.3 cm³/mol. The molecular formula is C12H18N2O3S. The fraction of sp³-hybridized carbons (Fsp3) is 0.500. The van der Waals surface area contributed by atoms with E-state index in [9.17, 15) is 8.42 Å². The molecule has 1 aromatic rings. The summed E-state index contributed by atoms with van der Waals surface area (Å²) < 4.78 is 31.3. The van der Waals surface area contributed by atoms with Crippen molar-refractivity contribution in [1.29, 1.82) is 0 Å². The molecule has 1 fully saturated rings. The molecule has 1 heterocycles. The summed E-state index contributed by atoms with van der Waals surface area (Å²) in [7, 11) is -0.211. The van der Waals surface area contributed by atoms with Crippen molar-refractivity contribution < 1.29 is 13.2 Å². The van der Waals surface area contributed by atoms with Crippen LogP contribution < -0.4 is 10.1 Å². The molecular weight excluding hydrogens is 252 g/mol. The van der Waals surface area contributed by atoms with E-state index in [2.05, 4.69) is 5.32 Å². The number of likely N-dealkylation sites (N-methyl/N-ethyl adjacent to an activating group) is 1. The standard InChI is InChI=1S/C12H18N2O3S/c1-9-6-11(4-5-12(9)17-3)18(15,16)14(2)10-7-13-8-10/h4-6,10,13H,7-8H2,1-3H3. The SMILES string of the molecule is COc1ccc(S(=O)(=O)N(C)C2CNC2)cc1C. The quantitative estimate of drug-likeness (QED) is 0.870. The molecule has 0 atom stereocenters. The Bertz CT molecular complexity index is 538. The Morgan fingerprint density at radius 1 is 1.39 bits per heavy atom. The first-order valence-electron chi connectivity index (χ1n) is 5.80. The molecule has 0 amide bonds. The van der Waals surface area contributed by atoms with Crippen LogP contribution in [0.1, 0.15) is 5.56 Å². The Morgan fingerprint density at radius 3 is 2.50 bits per heavy atom. The van der Waals surface area contributed by atoms with Crippen LogP contribution in [0, 0.1) is 6.92 Å². The number of benzene rings is 1. The molecule has 1 N–H and O–H groups in total. The van der Waals surface area contributed by atoms with Crippen LogP contribution in [0.2, 0.25) is 0 Å². The molecule has 0 aliphatic carbocycles. The van der Waals surface area contributed by atoms with Crippen molar-refractivity contribution in [2.45, 2.75) is 17.9 Å². The molecule has 18 heavy (non-hydrogen) atoms. The Hall–Kier alpha value is -1.11. The van der Waals surface area contributed by atoms with Crippen LogP contribution in [0.3, 0.4) is 0 Å². The maximum absolute atomic E-state index is 12.4. The van der Waals surface area contributed by atoms with Gasteiger partial charge in [-0.15, -0.1) is 0 Å². The zero-order valence-corrected chi connectivity index (χ0v) is 11.6. The smallest absolute Gasteiger partial charge is 0.243 e. The number of aryl methyl sites for hydroxylation is 1. The molecule has 2 rings (SSSR count). The highest BCUT2D eigenvalue weighted by Crippen LogP contribution is 2.24. The average Bonchev–Trinajstić information content (AvgIpc) is 2.26. The van der Waals surface area contributed by atoms with Crippen LogP contribution in [0.4, 0.5) is 0 Å². The van der Waals surface area contributed by atoms with E-state index in [1.165, 1.54) is 4.31 Å². The highest BCUT2D eigenvalue weighted by Gasteiger charge is 2.31. The van der Waals surface area contributed by atoms with Crippen molar-refractivity contribution in [3.8, 4) is 5.75 Å². The van der Waals surface area contributed by atoms with E-state index in [0.29, 0.717) is 23.7 Å². The molecule has 0 spiro atoms. The average molecular weight is 270 g/mol. The van der Waals surface area contributed by atoms with Crippen LogP contribution in [-0.2, 0) is 10.0 Å². The summed E-state index contributed by atoms with van der Waals surface area (Å²) in [6.07, 6.45) is 0. The van der Waals surface area contributed by atoms with E-state index >= 15 is 0 Å². The topological polar surface area (TPSA) is 58.6 Å². The fourth-order valence-electron chi connectivity index (χ4n) is 1.90. The Balaban J connectivity index is 2.31. The lowest BCUT2D eigenvalue weighted by molar-refractivity contribution is 0.274. The number of methoxy groups -OCH3 is 1. The van der Waals surface area contributed by atoms with E-state index in [4.69, 9.17) is 4.74 Å². The summed E-state index contributed by atoms with van der Waals surface area (Å²) >= 11 is 0. The summed E-state index contributed by atoms with van der Waals surface area (Å²) in [6, 6.07) is 4.98. The molecule has 0 bridgehead atoms. The number of hydrogen-bond donors (Lipinski definition) is 1. The van der Waals surface area contributed by atoms with Gasteiger partial charge in [-0.05, 0) is 30.7 Å². The van der Waals surface area contributed by atoms with Crippen molar-refractivity contribution in [3.05, 3.63) is 23.8 Å². The highest BCUT2D eigenvalue weighted by atomic mass is 32.2. The third kappa shape index (κ3) is 2.23. The summed E-state index contributed by atoms with van der Waals surface area (Å²) in [4.78, 5) is 0.315. The van der Waals surface area contributed by atoms with Gasteiger partial charge in [0.05, 0.1) is 12.0 Å². The van der Waals surface area contributed by atoms with Gasteiger partial charge >= 0.3 is 0 Å². The number of nitrogens with one attached hydrogen (secondary N) is 1. The molecule has 1 aliphatic rings. The van der Waals surface area contributed by atoms with Gasteiger partial charge in [0.2, 0.25) is 10.0 Å². The second kappa shape index (κ2) is 4.87. The first-order valence-corrected chi connectivity index (χ1v) is 7.24. The minimum atomic E-state index is -3.41.